The quantitative estimate of drug-likeness (QED) is 0.590. The van der Waals surface area contributed by atoms with E-state index in [0.717, 1.165) is 8.58 Å². The second-order valence-corrected chi connectivity index (χ2v) is 10.8. The van der Waals surface area contributed by atoms with E-state index in [0.29, 0.717) is 10.3 Å². The molecule has 0 aliphatic carbocycles. The maximum absolute atomic E-state index is 2.39. The molecule has 1 unspecified atom stereocenters. The number of rotatable bonds is 2. The van der Waals surface area contributed by atoms with Crippen LogP contribution in [0.1, 0.15) is 41.5 Å². The van der Waals surface area contributed by atoms with E-state index in [4.69, 9.17) is 0 Å². The Labute approximate surface area is 81.4 Å². The van der Waals surface area contributed by atoms with Crippen molar-refractivity contribution < 1.29 is 0 Å². The van der Waals surface area contributed by atoms with Crippen LogP contribution in [0, 0.1) is 0 Å². The maximum Gasteiger partial charge on any atom is -0.0141 e. The molecule has 0 heterocycles. The fraction of sp³-hybridized carbons (Fsp3) is 1.00. The zero-order valence-electron chi connectivity index (χ0n) is 9.65. The highest BCUT2D eigenvalue weighted by Gasteiger charge is 2.32. The van der Waals surface area contributed by atoms with E-state index < -0.39 is 0 Å². The summed E-state index contributed by atoms with van der Waals surface area (Å²) in [5, 5.41) is 1.05. The first-order valence-electron chi connectivity index (χ1n) is 4.62. The van der Waals surface area contributed by atoms with Gasteiger partial charge in [-0.25, -0.2) is 0 Å². The molecule has 0 N–H and O–H groups in total. The van der Waals surface area contributed by atoms with Crippen molar-refractivity contribution in [3.8, 4) is 0 Å². The van der Waals surface area contributed by atoms with Crippen LogP contribution in [0.5, 0.6) is 0 Å². The van der Waals surface area contributed by atoms with E-state index in [1.54, 1.807) is 0 Å². The molecule has 12 heavy (non-hydrogen) atoms. The standard InChI is InChI=1S/C10H24P2/c1-9(2,3)12(8-11-7)10(4,5)6/h11H,8H2,1-7H3. The summed E-state index contributed by atoms with van der Waals surface area (Å²) in [6.45, 7) is 16.7. The van der Waals surface area contributed by atoms with Crippen molar-refractivity contribution in [3.63, 3.8) is 0 Å². The Morgan fingerprint density at radius 3 is 1.33 bits per heavy atom. The van der Waals surface area contributed by atoms with Gasteiger partial charge < -0.3 is 0 Å². The molecule has 0 aromatic rings. The van der Waals surface area contributed by atoms with Crippen molar-refractivity contribution in [2.45, 2.75) is 51.9 Å². The van der Waals surface area contributed by atoms with Gasteiger partial charge in [-0.1, -0.05) is 49.5 Å². The second kappa shape index (κ2) is 4.39. The first-order chi connectivity index (χ1) is 5.19. The van der Waals surface area contributed by atoms with Crippen LogP contribution < -0.4 is 0 Å². The highest BCUT2D eigenvalue weighted by Crippen LogP contribution is 2.61. The van der Waals surface area contributed by atoms with Gasteiger partial charge in [-0.05, 0) is 22.9 Å². The van der Waals surface area contributed by atoms with Crippen LogP contribution in [0.25, 0.3) is 0 Å². The largest absolute Gasteiger partial charge is 0.121 e. The number of hydrogen-bond acceptors (Lipinski definition) is 0. The summed E-state index contributed by atoms with van der Waals surface area (Å²) >= 11 is 0. The topological polar surface area (TPSA) is 0 Å². The molecule has 74 valence electrons. The first kappa shape index (κ1) is 12.9. The fourth-order valence-corrected chi connectivity index (χ4v) is 8.71. The Morgan fingerprint density at radius 2 is 1.25 bits per heavy atom. The minimum atomic E-state index is 0.169. The van der Waals surface area contributed by atoms with E-state index >= 15 is 0 Å². The van der Waals surface area contributed by atoms with E-state index in [9.17, 15) is 0 Å². The van der Waals surface area contributed by atoms with Gasteiger partial charge >= 0.3 is 0 Å². The zero-order valence-corrected chi connectivity index (χ0v) is 11.5. The van der Waals surface area contributed by atoms with Crippen LogP contribution in [-0.2, 0) is 0 Å². The summed E-state index contributed by atoms with van der Waals surface area (Å²) in [7, 11) is 1.28. The van der Waals surface area contributed by atoms with E-state index in [2.05, 4.69) is 48.2 Å². The molecule has 0 aromatic carbocycles. The molecule has 0 rings (SSSR count). The molecule has 0 aromatic heterocycles. The van der Waals surface area contributed by atoms with Crippen molar-refractivity contribution >= 4 is 16.5 Å². The van der Waals surface area contributed by atoms with Gasteiger partial charge in [0.05, 0.1) is 0 Å². The lowest BCUT2D eigenvalue weighted by Crippen LogP contribution is -2.25. The molecule has 0 fully saturated rings. The zero-order chi connectivity index (χ0) is 9.99. The Hall–Kier alpha value is 0.860. The molecule has 0 spiro atoms. The van der Waals surface area contributed by atoms with Crippen LogP contribution in [0.15, 0.2) is 0 Å². The average molecular weight is 206 g/mol. The number of hydrogen-bond donors (Lipinski definition) is 0. The van der Waals surface area contributed by atoms with Gasteiger partial charge in [-0.2, -0.15) is 0 Å². The fourth-order valence-electron chi connectivity index (χ4n) is 1.64. The van der Waals surface area contributed by atoms with Gasteiger partial charge in [0.1, 0.15) is 0 Å². The molecule has 0 aliphatic rings. The van der Waals surface area contributed by atoms with Gasteiger partial charge in [-0.3, -0.25) is 0 Å². The second-order valence-electron chi connectivity index (χ2n) is 5.28. The predicted octanol–water partition coefficient (Wildman–Crippen LogP) is 4.33. The third-order valence-corrected chi connectivity index (χ3v) is 7.70. The smallest absolute Gasteiger partial charge is 0.0141 e. The third kappa shape index (κ3) is 4.20. The molecule has 0 saturated carbocycles. The maximum atomic E-state index is 2.39. The monoisotopic (exact) mass is 206 g/mol. The molecule has 0 amide bonds. The Bertz CT molecular complexity index is 114. The van der Waals surface area contributed by atoms with E-state index in [-0.39, 0.29) is 7.92 Å². The van der Waals surface area contributed by atoms with Crippen molar-refractivity contribution in [3.05, 3.63) is 0 Å². The van der Waals surface area contributed by atoms with Crippen LogP contribution in [0.4, 0.5) is 0 Å². The molecule has 0 aliphatic heterocycles. The molecule has 2 heteroatoms. The van der Waals surface area contributed by atoms with Gasteiger partial charge in [0.15, 0.2) is 0 Å². The summed E-state index contributed by atoms with van der Waals surface area (Å²) in [4.78, 5) is 0. The highest BCUT2D eigenvalue weighted by atomic mass is 31.2. The summed E-state index contributed by atoms with van der Waals surface area (Å²) in [5.74, 6) is 1.45. The van der Waals surface area contributed by atoms with Crippen molar-refractivity contribution in [1.82, 2.24) is 0 Å². The SMILES string of the molecule is CPCP(C(C)(C)C)C(C)(C)C. The van der Waals surface area contributed by atoms with Gasteiger partial charge in [0.25, 0.3) is 0 Å². The van der Waals surface area contributed by atoms with E-state index in [1.807, 2.05) is 0 Å². The lowest BCUT2D eigenvalue weighted by atomic mass is 10.2. The third-order valence-electron chi connectivity index (χ3n) is 1.94. The summed E-state index contributed by atoms with van der Waals surface area (Å²) < 4.78 is 0. The summed E-state index contributed by atoms with van der Waals surface area (Å²) in [6, 6.07) is 0. The molecule has 1 atom stereocenters. The molecular formula is C10H24P2. The lowest BCUT2D eigenvalue weighted by Gasteiger charge is -2.41. The summed E-state index contributed by atoms with van der Waals surface area (Å²) in [6.07, 6.45) is 0. The van der Waals surface area contributed by atoms with Crippen molar-refractivity contribution in [1.29, 1.82) is 0 Å². The van der Waals surface area contributed by atoms with Gasteiger partial charge in [-0.15, -0.1) is 8.58 Å². The molecular weight excluding hydrogens is 182 g/mol. The van der Waals surface area contributed by atoms with Crippen LogP contribution in [0.3, 0.4) is 0 Å². The van der Waals surface area contributed by atoms with Crippen LogP contribution >= 0.6 is 16.5 Å². The predicted molar refractivity (Wildman–Crippen MR) is 65.5 cm³/mol. The Morgan fingerprint density at radius 1 is 0.917 bits per heavy atom. The molecule has 0 bridgehead atoms. The minimum Gasteiger partial charge on any atom is -0.121 e. The van der Waals surface area contributed by atoms with Crippen molar-refractivity contribution in [2.75, 3.05) is 12.6 Å². The average Bonchev–Trinajstić information content (AvgIpc) is 1.77. The Balaban J connectivity index is 4.45. The first-order valence-corrected chi connectivity index (χ1v) is 7.85. The lowest BCUT2D eigenvalue weighted by molar-refractivity contribution is 0.709. The van der Waals surface area contributed by atoms with Crippen molar-refractivity contribution in [2.24, 2.45) is 0 Å². The minimum absolute atomic E-state index is 0.169. The van der Waals surface area contributed by atoms with Gasteiger partial charge in [0, 0.05) is 0 Å². The molecule has 0 nitrogen and oxygen atoms in total. The molecule has 0 saturated heterocycles. The highest BCUT2D eigenvalue weighted by molar-refractivity contribution is 7.69. The molecule has 0 radical (unpaired) electrons. The normalized spacial score (nSPS) is 15.0. The summed E-state index contributed by atoms with van der Waals surface area (Å²) in [5.41, 5.74) is 0. The Kier molecular flexibility index (Phi) is 4.70. The van der Waals surface area contributed by atoms with Crippen LogP contribution in [0.2, 0.25) is 0 Å². The van der Waals surface area contributed by atoms with E-state index in [1.165, 1.54) is 5.90 Å². The van der Waals surface area contributed by atoms with Crippen LogP contribution in [-0.4, -0.2) is 22.9 Å². The van der Waals surface area contributed by atoms with Gasteiger partial charge in [0.2, 0.25) is 0 Å².